The normalized spacial score (nSPS) is 10.2. The molecule has 1 aromatic heterocycles. The van der Waals surface area contributed by atoms with Crippen LogP contribution in [-0.4, -0.2) is 16.9 Å². The van der Waals surface area contributed by atoms with Gasteiger partial charge in [-0.1, -0.05) is 15.9 Å². The van der Waals surface area contributed by atoms with Crippen molar-refractivity contribution in [2.75, 3.05) is 7.11 Å². The van der Waals surface area contributed by atoms with Crippen molar-refractivity contribution in [3.05, 3.63) is 35.0 Å². The van der Waals surface area contributed by atoms with E-state index in [0.29, 0.717) is 28.3 Å². The maximum Gasteiger partial charge on any atom is 0.221 e. The number of methoxy groups -OCH3 is 1. The molecular formula is C14H14BrN3O2. The standard InChI is InChI=1S/C14H14BrN3O2/c1-9-13(7-15)14(18(2)17-9)20-12-5-10(8-16)4-11(6-12)19-3/h4-6H,7H2,1-3H3. The van der Waals surface area contributed by atoms with E-state index in [1.165, 1.54) is 0 Å². The number of hydrogen-bond acceptors (Lipinski definition) is 4. The minimum Gasteiger partial charge on any atom is -0.497 e. The van der Waals surface area contributed by atoms with Gasteiger partial charge in [-0.15, -0.1) is 0 Å². The largest absolute Gasteiger partial charge is 0.497 e. The molecule has 0 amide bonds. The molecule has 20 heavy (non-hydrogen) atoms. The molecule has 0 aliphatic heterocycles. The van der Waals surface area contributed by atoms with Crippen molar-refractivity contribution >= 4 is 15.9 Å². The lowest BCUT2D eigenvalue weighted by Crippen LogP contribution is -1.97. The third-order valence-corrected chi connectivity index (χ3v) is 3.44. The number of halogens is 1. The van der Waals surface area contributed by atoms with Gasteiger partial charge in [-0.3, -0.25) is 0 Å². The van der Waals surface area contributed by atoms with Gasteiger partial charge < -0.3 is 9.47 Å². The highest BCUT2D eigenvalue weighted by atomic mass is 79.9. The van der Waals surface area contributed by atoms with Crippen molar-refractivity contribution in [2.45, 2.75) is 12.3 Å². The molecule has 104 valence electrons. The van der Waals surface area contributed by atoms with Gasteiger partial charge in [0.05, 0.1) is 24.4 Å². The predicted octanol–water partition coefficient (Wildman–Crippen LogP) is 3.30. The second-order valence-electron chi connectivity index (χ2n) is 4.24. The highest BCUT2D eigenvalue weighted by molar-refractivity contribution is 9.08. The van der Waals surface area contributed by atoms with Gasteiger partial charge in [0.25, 0.3) is 0 Å². The topological polar surface area (TPSA) is 60.1 Å². The fraction of sp³-hybridized carbons (Fsp3) is 0.286. The van der Waals surface area contributed by atoms with E-state index in [1.54, 1.807) is 30.0 Å². The third kappa shape index (κ3) is 2.78. The van der Waals surface area contributed by atoms with Gasteiger partial charge >= 0.3 is 0 Å². The second kappa shape index (κ2) is 5.97. The lowest BCUT2D eigenvalue weighted by atomic mass is 10.2. The van der Waals surface area contributed by atoms with Crippen molar-refractivity contribution < 1.29 is 9.47 Å². The first-order chi connectivity index (χ1) is 9.58. The maximum atomic E-state index is 9.02. The number of aromatic nitrogens is 2. The first-order valence-electron chi connectivity index (χ1n) is 5.94. The summed E-state index contributed by atoms with van der Waals surface area (Å²) in [6, 6.07) is 7.15. The van der Waals surface area contributed by atoms with Crippen LogP contribution in [0.15, 0.2) is 18.2 Å². The Labute approximate surface area is 125 Å². The molecule has 0 aliphatic rings. The van der Waals surface area contributed by atoms with E-state index in [4.69, 9.17) is 14.7 Å². The molecule has 6 heteroatoms. The van der Waals surface area contributed by atoms with E-state index >= 15 is 0 Å². The van der Waals surface area contributed by atoms with Crippen LogP contribution in [0.25, 0.3) is 0 Å². The Bertz CT molecular complexity index is 674. The molecule has 1 heterocycles. The van der Waals surface area contributed by atoms with Crippen LogP contribution in [0.4, 0.5) is 0 Å². The van der Waals surface area contributed by atoms with Gasteiger partial charge in [0, 0.05) is 24.0 Å². The van der Waals surface area contributed by atoms with E-state index in [9.17, 15) is 0 Å². The minimum absolute atomic E-state index is 0.485. The van der Waals surface area contributed by atoms with Crippen LogP contribution < -0.4 is 9.47 Å². The molecule has 0 radical (unpaired) electrons. The Kier molecular flexibility index (Phi) is 4.30. The van der Waals surface area contributed by atoms with E-state index < -0.39 is 0 Å². The van der Waals surface area contributed by atoms with Gasteiger partial charge in [-0.05, 0) is 19.1 Å². The lowest BCUT2D eigenvalue weighted by Gasteiger charge is -2.09. The molecule has 1 aromatic carbocycles. The Hall–Kier alpha value is -2.00. The Balaban J connectivity index is 2.42. The van der Waals surface area contributed by atoms with Crippen LogP contribution in [0.3, 0.4) is 0 Å². The summed E-state index contributed by atoms with van der Waals surface area (Å²) in [6.45, 7) is 1.93. The summed E-state index contributed by atoms with van der Waals surface area (Å²) in [7, 11) is 3.37. The van der Waals surface area contributed by atoms with Gasteiger partial charge in [-0.2, -0.15) is 10.4 Å². The van der Waals surface area contributed by atoms with Crippen LogP contribution in [0.5, 0.6) is 17.4 Å². The number of benzene rings is 1. The van der Waals surface area contributed by atoms with Gasteiger partial charge in [-0.25, -0.2) is 4.68 Å². The zero-order valence-electron chi connectivity index (χ0n) is 11.5. The van der Waals surface area contributed by atoms with Gasteiger partial charge in [0.2, 0.25) is 5.88 Å². The first-order valence-corrected chi connectivity index (χ1v) is 7.06. The highest BCUT2D eigenvalue weighted by Gasteiger charge is 2.15. The number of rotatable bonds is 4. The van der Waals surface area contributed by atoms with Gasteiger partial charge in [0.15, 0.2) is 0 Å². The summed E-state index contributed by atoms with van der Waals surface area (Å²) in [5, 5.41) is 14.0. The fourth-order valence-electron chi connectivity index (χ4n) is 1.89. The zero-order valence-corrected chi connectivity index (χ0v) is 13.1. The molecule has 2 aromatic rings. The van der Waals surface area contributed by atoms with Crippen LogP contribution in [0.1, 0.15) is 16.8 Å². The van der Waals surface area contributed by atoms with E-state index in [0.717, 1.165) is 11.3 Å². The van der Waals surface area contributed by atoms with Crippen molar-refractivity contribution in [1.82, 2.24) is 9.78 Å². The molecule has 2 rings (SSSR count). The molecule has 0 unspecified atom stereocenters. The molecule has 0 bridgehead atoms. The number of ether oxygens (including phenoxy) is 2. The van der Waals surface area contributed by atoms with E-state index in [-0.39, 0.29) is 0 Å². The molecule has 0 aliphatic carbocycles. The molecule has 0 saturated heterocycles. The summed E-state index contributed by atoms with van der Waals surface area (Å²) in [6.07, 6.45) is 0. The van der Waals surface area contributed by atoms with Crippen LogP contribution in [0, 0.1) is 18.3 Å². The number of nitrogens with zero attached hydrogens (tertiary/aromatic N) is 3. The lowest BCUT2D eigenvalue weighted by molar-refractivity contribution is 0.401. The minimum atomic E-state index is 0.485. The summed E-state index contributed by atoms with van der Waals surface area (Å²) in [4.78, 5) is 0. The fourth-order valence-corrected chi connectivity index (χ4v) is 2.53. The SMILES string of the molecule is COc1cc(C#N)cc(Oc2c(CBr)c(C)nn2C)c1. The quantitative estimate of drug-likeness (QED) is 0.804. The monoisotopic (exact) mass is 335 g/mol. The molecule has 5 nitrogen and oxygen atoms in total. The average molecular weight is 336 g/mol. The number of alkyl halides is 1. The molecule has 0 N–H and O–H groups in total. The van der Waals surface area contributed by atoms with Crippen molar-refractivity contribution in [3.8, 4) is 23.4 Å². The second-order valence-corrected chi connectivity index (χ2v) is 4.80. The number of aryl methyl sites for hydroxylation is 2. The predicted molar refractivity (Wildman–Crippen MR) is 78.4 cm³/mol. The Morgan fingerprint density at radius 2 is 2.05 bits per heavy atom. The smallest absolute Gasteiger partial charge is 0.221 e. The third-order valence-electron chi connectivity index (χ3n) is 2.88. The molecule has 0 spiro atoms. The summed E-state index contributed by atoms with van der Waals surface area (Å²) in [5.41, 5.74) is 2.37. The Morgan fingerprint density at radius 3 is 2.65 bits per heavy atom. The molecule has 0 fully saturated rings. The van der Waals surface area contributed by atoms with Crippen molar-refractivity contribution in [2.24, 2.45) is 7.05 Å². The number of hydrogen-bond donors (Lipinski definition) is 0. The van der Waals surface area contributed by atoms with E-state index in [1.807, 2.05) is 14.0 Å². The first kappa shape index (κ1) is 14.4. The van der Waals surface area contributed by atoms with Crippen LogP contribution in [-0.2, 0) is 12.4 Å². The van der Waals surface area contributed by atoms with E-state index in [2.05, 4.69) is 27.1 Å². The maximum absolute atomic E-state index is 9.02. The molecule has 0 saturated carbocycles. The van der Waals surface area contributed by atoms with Crippen LogP contribution >= 0.6 is 15.9 Å². The Morgan fingerprint density at radius 1 is 1.35 bits per heavy atom. The van der Waals surface area contributed by atoms with Crippen LogP contribution in [0.2, 0.25) is 0 Å². The summed E-state index contributed by atoms with van der Waals surface area (Å²) in [5.74, 6) is 1.78. The number of nitriles is 1. The summed E-state index contributed by atoms with van der Waals surface area (Å²) >= 11 is 3.43. The summed E-state index contributed by atoms with van der Waals surface area (Å²) < 4.78 is 12.7. The zero-order chi connectivity index (χ0) is 14.7. The average Bonchev–Trinajstić information content (AvgIpc) is 2.72. The molecule has 0 atom stereocenters. The highest BCUT2D eigenvalue weighted by Crippen LogP contribution is 2.31. The molecular weight excluding hydrogens is 322 g/mol. The van der Waals surface area contributed by atoms with Crippen molar-refractivity contribution in [3.63, 3.8) is 0 Å². The van der Waals surface area contributed by atoms with Crippen molar-refractivity contribution in [1.29, 1.82) is 5.26 Å². The van der Waals surface area contributed by atoms with Gasteiger partial charge in [0.1, 0.15) is 11.5 Å².